The van der Waals surface area contributed by atoms with E-state index < -0.39 is 133 Å². The van der Waals surface area contributed by atoms with Crippen LogP contribution in [0.25, 0.3) is 22.1 Å². The molecule has 0 radical (unpaired) electrons. The number of benzene rings is 2. The molecule has 8 unspecified atom stereocenters. The summed E-state index contributed by atoms with van der Waals surface area (Å²) in [5.41, 5.74) is 1.35. The van der Waals surface area contributed by atoms with Gasteiger partial charge in [-0.1, -0.05) is 73.5 Å². The highest BCUT2D eigenvalue weighted by molar-refractivity contribution is 8.76. The lowest BCUT2D eigenvalue weighted by atomic mass is 10.0. The Labute approximate surface area is 420 Å². The summed E-state index contributed by atoms with van der Waals surface area (Å²) in [7, 11) is 2.01. The van der Waals surface area contributed by atoms with Crippen molar-refractivity contribution in [2.45, 2.75) is 89.9 Å². The summed E-state index contributed by atoms with van der Waals surface area (Å²) in [5.74, 6) is -11.0. The Balaban J connectivity index is 1.31. The van der Waals surface area contributed by atoms with Crippen LogP contribution in [0.2, 0.25) is 0 Å². The quantitative estimate of drug-likeness (QED) is 0.0868. The number of ether oxygens (including phenoxy) is 2. The number of amides is 8. The number of nitrogens with zero attached hydrogens (tertiary/aromatic N) is 4. The van der Waals surface area contributed by atoms with Gasteiger partial charge in [-0.05, 0) is 49.9 Å². The summed E-state index contributed by atoms with van der Waals surface area (Å²) < 4.78 is 11.1. The minimum Gasteiger partial charge on any atom is -0.461 e. The van der Waals surface area contributed by atoms with E-state index in [-0.39, 0.29) is 22.9 Å². The third kappa shape index (κ3) is 14.1. The Morgan fingerprint density at radius 3 is 1.25 bits per heavy atom. The number of carbonyl (C=O) groups excluding carboxylic acids is 10. The lowest BCUT2D eigenvalue weighted by Crippen LogP contribution is -2.60. The maximum Gasteiger partial charge on any atom is 0.328 e. The highest BCUT2D eigenvalue weighted by Gasteiger charge is 2.37. The van der Waals surface area contributed by atoms with E-state index in [1.165, 1.54) is 26.2 Å². The van der Waals surface area contributed by atoms with Gasteiger partial charge >= 0.3 is 11.9 Å². The number of aromatic nitrogens is 4. The molecule has 6 rings (SSSR count). The van der Waals surface area contributed by atoms with Crippen LogP contribution in [0.5, 0.6) is 0 Å². The molecule has 4 heterocycles. The first-order chi connectivity index (χ1) is 34.3. The maximum absolute atomic E-state index is 14.1. The number of hydrogen-bond acceptors (Lipinski definition) is 18. The van der Waals surface area contributed by atoms with Crippen molar-refractivity contribution in [1.82, 2.24) is 62.5 Å². The summed E-state index contributed by atoms with van der Waals surface area (Å²) in [4.78, 5) is 155. The Hall–Kier alpha value is -7.48. The monoisotopic (exact) mass is 1030 g/mol. The average Bonchev–Trinajstić information content (AvgIpc) is 3.35. The number of nitrogens with one attached hydrogen (secondary N) is 8. The van der Waals surface area contributed by atoms with Crippen LogP contribution in [0.4, 0.5) is 0 Å². The molecular weight excluding hydrogens is 977 g/mol. The molecule has 382 valence electrons. The van der Waals surface area contributed by atoms with Crippen LogP contribution in [0, 0.1) is 11.8 Å². The van der Waals surface area contributed by atoms with Crippen molar-refractivity contribution in [2.24, 2.45) is 11.8 Å². The van der Waals surface area contributed by atoms with Crippen LogP contribution in [0.15, 0.2) is 60.9 Å². The largest absolute Gasteiger partial charge is 0.461 e. The fourth-order valence-electron chi connectivity index (χ4n) is 6.93. The zero-order chi connectivity index (χ0) is 52.2. The van der Waals surface area contributed by atoms with Crippen LogP contribution in [0.1, 0.15) is 62.5 Å². The summed E-state index contributed by atoms with van der Waals surface area (Å²) in [5, 5.41) is 20.2. The Bertz CT molecular complexity index is 2560. The molecule has 2 aliphatic rings. The molecule has 8 N–H and O–H groups in total. The molecule has 2 aromatic heterocycles. The highest BCUT2D eigenvalue weighted by atomic mass is 33.1. The first kappa shape index (κ1) is 53.9. The van der Waals surface area contributed by atoms with Crippen LogP contribution < -0.4 is 42.5 Å². The van der Waals surface area contributed by atoms with Crippen LogP contribution >= 0.6 is 21.6 Å². The fourth-order valence-corrected chi connectivity index (χ4v) is 9.26. The van der Waals surface area contributed by atoms with E-state index in [1.54, 1.807) is 76.2 Å². The third-order valence-electron chi connectivity index (χ3n) is 11.2. The van der Waals surface area contributed by atoms with E-state index in [0.717, 1.165) is 21.6 Å². The molecule has 0 spiro atoms. The maximum atomic E-state index is 14.1. The van der Waals surface area contributed by atoms with E-state index in [0.29, 0.717) is 22.1 Å². The molecule has 24 nitrogen and oxygen atoms in total. The minimum absolute atomic E-state index is 0.190. The van der Waals surface area contributed by atoms with E-state index in [9.17, 15) is 47.9 Å². The van der Waals surface area contributed by atoms with E-state index in [4.69, 9.17) is 9.47 Å². The summed E-state index contributed by atoms with van der Waals surface area (Å²) >= 11 is 0. The Kier molecular flexibility index (Phi) is 18.4. The molecule has 2 bridgehead atoms. The molecule has 8 amide bonds. The molecule has 2 saturated heterocycles. The van der Waals surface area contributed by atoms with Gasteiger partial charge in [0.25, 0.3) is 11.8 Å². The molecule has 26 heteroatoms. The van der Waals surface area contributed by atoms with Crippen molar-refractivity contribution in [2.75, 3.05) is 24.7 Å². The van der Waals surface area contributed by atoms with Gasteiger partial charge in [-0.15, -0.1) is 0 Å². The molecule has 0 aliphatic carbocycles. The molecule has 4 aromatic rings. The van der Waals surface area contributed by atoms with Gasteiger partial charge in [0, 0.05) is 11.5 Å². The minimum atomic E-state index is -1.65. The van der Waals surface area contributed by atoms with Gasteiger partial charge in [0.05, 0.1) is 34.5 Å². The van der Waals surface area contributed by atoms with Crippen LogP contribution in [0.3, 0.4) is 0 Å². The number of cyclic esters (lactones) is 2. The third-order valence-corrected chi connectivity index (χ3v) is 13.6. The highest BCUT2D eigenvalue weighted by Crippen LogP contribution is 2.24. The summed E-state index contributed by atoms with van der Waals surface area (Å²) in [6.07, 6.45) is 2.37. The summed E-state index contributed by atoms with van der Waals surface area (Å²) in [6, 6.07) is 1.77. The van der Waals surface area contributed by atoms with E-state index >= 15 is 0 Å². The van der Waals surface area contributed by atoms with Crippen molar-refractivity contribution in [3.8, 4) is 0 Å². The molecular formula is C46H54N12O12S2. The number of hydrogen-bond donors (Lipinski definition) is 8. The molecule has 2 aliphatic heterocycles. The average molecular weight is 1030 g/mol. The first-order valence-corrected chi connectivity index (χ1v) is 25.2. The van der Waals surface area contributed by atoms with Gasteiger partial charge in [0.1, 0.15) is 72.9 Å². The van der Waals surface area contributed by atoms with Crippen molar-refractivity contribution >= 4 is 103 Å². The van der Waals surface area contributed by atoms with Crippen molar-refractivity contribution in [3.05, 3.63) is 72.3 Å². The fraction of sp³-hybridized carbons (Fsp3) is 0.435. The molecule has 2 fully saturated rings. The van der Waals surface area contributed by atoms with E-state index in [1.807, 2.05) is 0 Å². The predicted molar refractivity (Wildman–Crippen MR) is 261 cm³/mol. The standard InChI is InChI=1S/C46H54N12O12S2/c1-21(2)35-45(67)69-17-31(53-39(61)29-15-47-25-11-7-9-13-27(25)51-29)41(63)49-24(6)38(60)56-34-20-72-71-19-33(43(65)57-35)55-37(59)23(5)50-42(64)32(18-70-46(68)36(22(3)4)58-44(34)66)54-40(62)30-16-48-26-12-8-10-14-28(26)52-30/h7-16,21-24,31-36H,17-20H2,1-6H3,(H,49,63)(H,50,64)(H,53,61)(H,54,62)(H,55,59)(H,56,60)(H,57,65)(H,58,66). The van der Waals surface area contributed by atoms with Crippen molar-refractivity contribution < 1.29 is 57.4 Å². The summed E-state index contributed by atoms with van der Waals surface area (Å²) in [6.45, 7) is 7.40. The number of rotatable bonds is 6. The number of para-hydroxylation sites is 4. The second-order valence-corrected chi connectivity index (χ2v) is 20.0. The molecule has 72 heavy (non-hydrogen) atoms. The van der Waals surface area contributed by atoms with Gasteiger partial charge in [0.15, 0.2) is 0 Å². The van der Waals surface area contributed by atoms with Crippen LogP contribution in [-0.2, 0) is 47.8 Å². The van der Waals surface area contributed by atoms with E-state index in [2.05, 4.69) is 62.5 Å². The number of carbonyl (C=O) groups is 10. The zero-order valence-corrected chi connectivity index (χ0v) is 41.5. The topological polar surface area (TPSA) is 337 Å². The SMILES string of the molecule is CC1NC(=O)C(NC(=O)c2cnc3ccccc3n2)COC(=O)C(C(C)C)NC(=O)C2CSSCC(NC1=O)C(=O)NC(C(C)C)C(=O)OCC(NC(=O)c1cnc3ccccc3n1)C(=O)NC(C)C(=O)N2. The van der Waals surface area contributed by atoms with Gasteiger partial charge in [-0.25, -0.2) is 19.6 Å². The van der Waals surface area contributed by atoms with Crippen molar-refractivity contribution in [1.29, 1.82) is 0 Å². The van der Waals surface area contributed by atoms with Crippen LogP contribution in [-0.4, -0.2) is 152 Å². The van der Waals surface area contributed by atoms with Gasteiger partial charge in [-0.2, -0.15) is 0 Å². The second-order valence-electron chi connectivity index (χ2n) is 17.4. The smallest absolute Gasteiger partial charge is 0.328 e. The molecule has 8 atom stereocenters. The molecule has 0 saturated carbocycles. The number of esters is 2. The zero-order valence-electron chi connectivity index (χ0n) is 39.9. The Morgan fingerprint density at radius 2 is 0.889 bits per heavy atom. The van der Waals surface area contributed by atoms with Gasteiger partial charge in [0.2, 0.25) is 35.4 Å². The van der Waals surface area contributed by atoms with Crippen molar-refractivity contribution in [3.63, 3.8) is 0 Å². The predicted octanol–water partition coefficient (Wildman–Crippen LogP) is -0.774. The molecule has 2 aromatic carbocycles. The lowest BCUT2D eigenvalue weighted by molar-refractivity contribution is -0.152. The van der Waals surface area contributed by atoms with Gasteiger partial charge in [-0.3, -0.25) is 48.3 Å². The normalized spacial score (nSPS) is 24.8. The first-order valence-electron chi connectivity index (χ1n) is 22.7. The lowest BCUT2D eigenvalue weighted by Gasteiger charge is -2.28. The second kappa shape index (κ2) is 24.6. The Morgan fingerprint density at radius 1 is 0.528 bits per heavy atom. The van der Waals surface area contributed by atoms with Gasteiger partial charge < -0.3 is 52.0 Å². The number of fused-ring (bicyclic) bond motifs is 7.